The van der Waals surface area contributed by atoms with E-state index in [9.17, 15) is 4.79 Å². The van der Waals surface area contributed by atoms with Crippen molar-refractivity contribution in [1.82, 2.24) is 10.2 Å². The summed E-state index contributed by atoms with van der Waals surface area (Å²) in [5, 5.41) is 7.54. The molecule has 3 nitrogen and oxygen atoms in total. The highest BCUT2D eigenvalue weighted by atomic mass is 32.2. The topological polar surface area (TPSA) is 42.9 Å². The van der Waals surface area contributed by atoms with Crippen molar-refractivity contribution in [2.75, 3.05) is 5.75 Å². The van der Waals surface area contributed by atoms with E-state index >= 15 is 0 Å². The number of rotatable bonds is 4. The molecule has 0 unspecified atom stereocenters. The SMILES string of the molecule is O=C(CSc1nncs1)C1CC1. The maximum atomic E-state index is 11.2. The Kier molecular flexibility index (Phi) is 2.41. The average molecular weight is 200 g/mol. The van der Waals surface area contributed by atoms with Gasteiger partial charge in [-0.15, -0.1) is 10.2 Å². The lowest BCUT2D eigenvalue weighted by Crippen LogP contribution is -2.02. The molecule has 1 aromatic rings. The van der Waals surface area contributed by atoms with Gasteiger partial charge in [-0.05, 0) is 12.8 Å². The van der Waals surface area contributed by atoms with Gasteiger partial charge in [0.25, 0.3) is 0 Å². The van der Waals surface area contributed by atoms with Crippen LogP contribution < -0.4 is 0 Å². The van der Waals surface area contributed by atoms with E-state index in [2.05, 4.69) is 10.2 Å². The highest BCUT2D eigenvalue weighted by Gasteiger charge is 2.29. The first-order valence-corrected chi connectivity index (χ1v) is 5.64. The molecule has 0 radical (unpaired) electrons. The van der Waals surface area contributed by atoms with E-state index < -0.39 is 0 Å². The third-order valence-electron chi connectivity index (χ3n) is 1.71. The number of hydrogen-bond donors (Lipinski definition) is 0. The highest BCUT2D eigenvalue weighted by molar-refractivity contribution is 8.01. The number of thioether (sulfide) groups is 1. The number of aromatic nitrogens is 2. The number of carbonyl (C=O) groups excluding carboxylic acids is 1. The average Bonchev–Trinajstić information content (AvgIpc) is 2.80. The van der Waals surface area contributed by atoms with Crippen LogP contribution in [0, 0.1) is 5.92 Å². The van der Waals surface area contributed by atoms with Crippen molar-refractivity contribution >= 4 is 28.9 Å². The molecule has 0 amide bonds. The third kappa shape index (κ3) is 2.04. The van der Waals surface area contributed by atoms with Gasteiger partial charge in [0.2, 0.25) is 0 Å². The first-order valence-electron chi connectivity index (χ1n) is 3.78. The lowest BCUT2D eigenvalue weighted by atomic mass is 10.3. The van der Waals surface area contributed by atoms with E-state index in [0.717, 1.165) is 17.2 Å². The Morgan fingerprint density at radius 2 is 2.58 bits per heavy atom. The van der Waals surface area contributed by atoms with E-state index in [1.807, 2.05) is 0 Å². The Bertz CT molecular complexity index is 269. The summed E-state index contributed by atoms with van der Waals surface area (Å²) < 4.78 is 0.893. The molecule has 2 rings (SSSR count). The molecule has 0 saturated heterocycles. The number of carbonyl (C=O) groups is 1. The van der Waals surface area contributed by atoms with Crippen LogP contribution in [0.1, 0.15) is 12.8 Å². The molecule has 12 heavy (non-hydrogen) atoms. The number of Topliss-reactive ketones (excluding diaryl/α,β-unsaturated/α-hetero) is 1. The van der Waals surface area contributed by atoms with Gasteiger partial charge in [-0.25, -0.2) is 0 Å². The van der Waals surface area contributed by atoms with Gasteiger partial charge in [-0.1, -0.05) is 23.1 Å². The predicted octanol–water partition coefficient (Wildman–Crippen LogP) is 1.61. The first kappa shape index (κ1) is 8.19. The smallest absolute Gasteiger partial charge is 0.174 e. The Balaban J connectivity index is 1.78. The molecule has 0 aliphatic heterocycles. The summed E-state index contributed by atoms with van der Waals surface area (Å²) in [6, 6.07) is 0. The van der Waals surface area contributed by atoms with E-state index in [1.165, 1.54) is 23.1 Å². The molecule has 0 bridgehead atoms. The molecule has 0 atom stereocenters. The lowest BCUT2D eigenvalue weighted by molar-refractivity contribution is -0.117. The van der Waals surface area contributed by atoms with Gasteiger partial charge in [0, 0.05) is 5.92 Å². The molecule has 1 heterocycles. The van der Waals surface area contributed by atoms with Gasteiger partial charge in [0.05, 0.1) is 5.75 Å². The van der Waals surface area contributed by atoms with Gasteiger partial charge in [0.1, 0.15) is 11.3 Å². The van der Waals surface area contributed by atoms with Crippen LogP contribution in [-0.2, 0) is 4.79 Å². The van der Waals surface area contributed by atoms with E-state index in [0.29, 0.717) is 17.5 Å². The van der Waals surface area contributed by atoms with Crippen LogP contribution in [0.15, 0.2) is 9.85 Å². The van der Waals surface area contributed by atoms with Gasteiger partial charge in [-0.3, -0.25) is 4.79 Å². The second-order valence-electron chi connectivity index (χ2n) is 2.73. The third-order valence-corrected chi connectivity index (χ3v) is 3.59. The fraction of sp³-hybridized carbons (Fsp3) is 0.571. The van der Waals surface area contributed by atoms with Crippen LogP contribution in [0.5, 0.6) is 0 Å². The van der Waals surface area contributed by atoms with Gasteiger partial charge in [0.15, 0.2) is 4.34 Å². The van der Waals surface area contributed by atoms with E-state index in [1.54, 1.807) is 5.51 Å². The molecule has 1 fully saturated rings. The largest absolute Gasteiger partial charge is 0.298 e. The summed E-state index contributed by atoms with van der Waals surface area (Å²) in [5.74, 6) is 1.31. The monoisotopic (exact) mass is 200 g/mol. The van der Waals surface area contributed by atoms with Crippen LogP contribution in [0.4, 0.5) is 0 Å². The molecule has 0 spiro atoms. The van der Waals surface area contributed by atoms with Crippen LogP contribution in [0.25, 0.3) is 0 Å². The quantitative estimate of drug-likeness (QED) is 0.692. The Morgan fingerprint density at radius 3 is 3.17 bits per heavy atom. The molecule has 0 N–H and O–H groups in total. The summed E-state index contributed by atoms with van der Waals surface area (Å²) >= 11 is 2.98. The van der Waals surface area contributed by atoms with E-state index in [4.69, 9.17) is 0 Å². The van der Waals surface area contributed by atoms with Crippen molar-refractivity contribution in [3.05, 3.63) is 5.51 Å². The van der Waals surface area contributed by atoms with Crippen LogP contribution in [0.3, 0.4) is 0 Å². The molecule has 0 aromatic carbocycles. The zero-order chi connectivity index (χ0) is 8.39. The fourth-order valence-corrected chi connectivity index (χ4v) is 2.34. The molecule has 1 aliphatic rings. The van der Waals surface area contributed by atoms with Gasteiger partial charge in [-0.2, -0.15) is 0 Å². The summed E-state index contributed by atoms with van der Waals surface area (Å²) in [5.41, 5.74) is 1.68. The standard InChI is InChI=1S/C7H8N2OS2/c10-6(5-1-2-5)3-11-7-9-8-4-12-7/h4-5H,1-3H2. The Hall–Kier alpha value is -0.420. The number of ketones is 1. The summed E-state index contributed by atoms with van der Waals surface area (Å²) in [7, 11) is 0. The second-order valence-corrected chi connectivity index (χ2v) is 4.79. The molecule has 5 heteroatoms. The number of hydrogen-bond acceptors (Lipinski definition) is 5. The molecular formula is C7H8N2OS2. The van der Waals surface area contributed by atoms with Crippen LogP contribution >= 0.6 is 23.1 Å². The zero-order valence-electron chi connectivity index (χ0n) is 6.40. The van der Waals surface area contributed by atoms with Crippen molar-refractivity contribution in [3.8, 4) is 0 Å². The van der Waals surface area contributed by atoms with Crippen molar-refractivity contribution in [2.45, 2.75) is 17.2 Å². The maximum absolute atomic E-state index is 11.2. The van der Waals surface area contributed by atoms with Gasteiger partial charge < -0.3 is 0 Å². The fourth-order valence-electron chi connectivity index (χ4n) is 0.882. The normalized spacial score (nSPS) is 16.3. The molecular weight excluding hydrogens is 192 g/mol. The van der Waals surface area contributed by atoms with Gasteiger partial charge >= 0.3 is 0 Å². The molecule has 1 saturated carbocycles. The lowest BCUT2D eigenvalue weighted by Gasteiger charge is -1.93. The van der Waals surface area contributed by atoms with Crippen LogP contribution in [-0.4, -0.2) is 21.7 Å². The Morgan fingerprint density at radius 1 is 1.75 bits per heavy atom. The number of nitrogens with zero attached hydrogens (tertiary/aromatic N) is 2. The Labute approximate surface area is 78.6 Å². The minimum Gasteiger partial charge on any atom is -0.298 e. The van der Waals surface area contributed by atoms with Crippen molar-refractivity contribution < 1.29 is 4.79 Å². The summed E-state index contributed by atoms with van der Waals surface area (Å²) in [6.07, 6.45) is 2.19. The predicted molar refractivity (Wildman–Crippen MR) is 48.4 cm³/mol. The van der Waals surface area contributed by atoms with Crippen LogP contribution in [0.2, 0.25) is 0 Å². The maximum Gasteiger partial charge on any atom is 0.174 e. The molecule has 1 aromatic heterocycles. The van der Waals surface area contributed by atoms with E-state index in [-0.39, 0.29) is 0 Å². The minimum atomic E-state index is 0.366. The minimum absolute atomic E-state index is 0.366. The first-order chi connectivity index (χ1) is 5.86. The second kappa shape index (κ2) is 3.53. The van der Waals surface area contributed by atoms with Crippen molar-refractivity contribution in [3.63, 3.8) is 0 Å². The summed E-state index contributed by atoms with van der Waals surface area (Å²) in [6.45, 7) is 0. The zero-order valence-corrected chi connectivity index (χ0v) is 8.03. The molecule has 1 aliphatic carbocycles. The molecule has 64 valence electrons. The van der Waals surface area contributed by atoms with Crippen molar-refractivity contribution in [1.29, 1.82) is 0 Å². The summed E-state index contributed by atoms with van der Waals surface area (Å²) in [4.78, 5) is 11.2. The highest BCUT2D eigenvalue weighted by Crippen LogP contribution is 2.32. The van der Waals surface area contributed by atoms with Crippen molar-refractivity contribution in [2.24, 2.45) is 5.92 Å².